The van der Waals surface area contributed by atoms with E-state index in [4.69, 9.17) is 4.74 Å². The minimum absolute atomic E-state index is 0.169. The second-order valence-corrected chi connectivity index (χ2v) is 5.73. The summed E-state index contributed by atoms with van der Waals surface area (Å²) < 4.78 is 7.56. The standard InChI is InChI=1S/C13H17N3O2S/c1-3-10-8-18-9(2)6-16(10)12-11(7-17)15-4-5-19-13(15)14-12/h4-5,7,9-10H,3,6,8H2,1-2H3. The van der Waals surface area contributed by atoms with Crippen molar-refractivity contribution in [2.75, 3.05) is 18.1 Å². The first-order chi connectivity index (χ1) is 9.24. The second-order valence-electron chi connectivity index (χ2n) is 4.85. The lowest BCUT2D eigenvalue weighted by Crippen LogP contribution is -2.49. The number of rotatable bonds is 3. The first-order valence-corrected chi connectivity index (χ1v) is 7.41. The van der Waals surface area contributed by atoms with E-state index in [2.05, 4.69) is 23.7 Å². The molecule has 1 aliphatic heterocycles. The lowest BCUT2D eigenvalue weighted by atomic mass is 10.1. The fourth-order valence-corrected chi connectivity index (χ4v) is 3.27. The summed E-state index contributed by atoms with van der Waals surface area (Å²) in [7, 11) is 0. The van der Waals surface area contributed by atoms with E-state index in [0.717, 1.165) is 30.0 Å². The molecule has 1 fully saturated rings. The minimum Gasteiger partial charge on any atom is -0.375 e. The van der Waals surface area contributed by atoms with Gasteiger partial charge in [0.2, 0.25) is 0 Å². The van der Waals surface area contributed by atoms with Gasteiger partial charge in [0.25, 0.3) is 0 Å². The van der Waals surface area contributed by atoms with Crippen molar-refractivity contribution < 1.29 is 9.53 Å². The van der Waals surface area contributed by atoms with Gasteiger partial charge in [-0.15, -0.1) is 11.3 Å². The SMILES string of the molecule is CCC1COC(C)CN1c1nc2sccn2c1C=O. The summed E-state index contributed by atoms with van der Waals surface area (Å²) in [5, 5.41) is 1.94. The van der Waals surface area contributed by atoms with E-state index in [1.807, 2.05) is 16.0 Å². The highest BCUT2D eigenvalue weighted by atomic mass is 32.1. The molecule has 1 saturated heterocycles. The molecule has 19 heavy (non-hydrogen) atoms. The maximum Gasteiger partial charge on any atom is 0.196 e. The van der Waals surface area contributed by atoms with Gasteiger partial charge in [-0.25, -0.2) is 4.98 Å². The Labute approximate surface area is 115 Å². The molecule has 2 unspecified atom stereocenters. The molecule has 1 aliphatic rings. The van der Waals surface area contributed by atoms with Crippen molar-refractivity contribution in [2.24, 2.45) is 0 Å². The third-order valence-electron chi connectivity index (χ3n) is 3.60. The van der Waals surface area contributed by atoms with Gasteiger partial charge >= 0.3 is 0 Å². The number of anilines is 1. The van der Waals surface area contributed by atoms with Crippen LogP contribution in [0.15, 0.2) is 11.6 Å². The van der Waals surface area contributed by atoms with Gasteiger partial charge in [-0.05, 0) is 13.3 Å². The van der Waals surface area contributed by atoms with Crippen LogP contribution in [0.2, 0.25) is 0 Å². The number of aldehydes is 1. The fourth-order valence-electron chi connectivity index (χ4n) is 2.55. The van der Waals surface area contributed by atoms with Crippen molar-refractivity contribution in [3.63, 3.8) is 0 Å². The monoisotopic (exact) mass is 279 g/mol. The number of fused-ring (bicyclic) bond motifs is 1. The summed E-state index contributed by atoms with van der Waals surface area (Å²) >= 11 is 1.55. The molecule has 3 rings (SSSR count). The molecule has 0 spiro atoms. The molecule has 0 radical (unpaired) electrons. The van der Waals surface area contributed by atoms with E-state index in [1.165, 1.54) is 0 Å². The number of hydrogen-bond donors (Lipinski definition) is 0. The highest BCUT2D eigenvalue weighted by Gasteiger charge is 2.30. The first-order valence-electron chi connectivity index (χ1n) is 6.53. The zero-order valence-electron chi connectivity index (χ0n) is 11.1. The molecule has 0 aliphatic carbocycles. The van der Waals surface area contributed by atoms with Gasteiger partial charge in [-0.1, -0.05) is 6.92 Å². The van der Waals surface area contributed by atoms with Crippen LogP contribution in [0, 0.1) is 0 Å². The van der Waals surface area contributed by atoms with E-state index < -0.39 is 0 Å². The van der Waals surface area contributed by atoms with Crippen molar-refractivity contribution in [3.8, 4) is 0 Å². The van der Waals surface area contributed by atoms with Gasteiger partial charge in [0.1, 0.15) is 5.69 Å². The average molecular weight is 279 g/mol. The van der Waals surface area contributed by atoms with E-state index in [9.17, 15) is 4.79 Å². The van der Waals surface area contributed by atoms with E-state index in [1.54, 1.807) is 11.3 Å². The Hall–Kier alpha value is -1.40. The number of imidazole rings is 1. The zero-order chi connectivity index (χ0) is 13.4. The number of nitrogens with zero attached hydrogens (tertiary/aromatic N) is 3. The molecular weight excluding hydrogens is 262 g/mol. The average Bonchev–Trinajstić information content (AvgIpc) is 2.98. The number of aromatic nitrogens is 2. The van der Waals surface area contributed by atoms with Gasteiger partial charge in [0.05, 0.1) is 18.8 Å². The molecule has 0 aromatic carbocycles. The molecule has 0 N–H and O–H groups in total. The molecule has 6 heteroatoms. The first kappa shape index (κ1) is 12.6. The third-order valence-corrected chi connectivity index (χ3v) is 4.36. The fraction of sp³-hybridized carbons (Fsp3) is 0.538. The largest absolute Gasteiger partial charge is 0.375 e. The van der Waals surface area contributed by atoms with Crippen LogP contribution < -0.4 is 4.90 Å². The van der Waals surface area contributed by atoms with Crippen molar-refractivity contribution in [1.82, 2.24) is 9.38 Å². The summed E-state index contributed by atoms with van der Waals surface area (Å²) in [5.41, 5.74) is 0.642. The summed E-state index contributed by atoms with van der Waals surface area (Å²) in [6, 6.07) is 0.291. The van der Waals surface area contributed by atoms with Crippen LogP contribution in [-0.2, 0) is 4.74 Å². The van der Waals surface area contributed by atoms with Crippen molar-refractivity contribution in [3.05, 3.63) is 17.3 Å². The number of carbonyl (C=O) groups excluding carboxylic acids is 1. The quantitative estimate of drug-likeness (QED) is 0.808. The van der Waals surface area contributed by atoms with Gasteiger partial charge in [0, 0.05) is 18.1 Å². The van der Waals surface area contributed by atoms with E-state index in [0.29, 0.717) is 18.3 Å². The molecular formula is C13H17N3O2S. The van der Waals surface area contributed by atoms with Gasteiger partial charge in [0.15, 0.2) is 17.1 Å². The molecule has 2 atom stereocenters. The number of carbonyl (C=O) groups is 1. The molecule has 2 aromatic heterocycles. The normalized spacial score (nSPS) is 24.0. The van der Waals surface area contributed by atoms with Crippen LogP contribution in [0.5, 0.6) is 0 Å². The number of ether oxygens (including phenoxy) is 1. The highest BCUT2D eigenvalue weighted by molar-refractivity contribution is 7.15. The Morgan fingerprint density at radius 1 is 1.63 bits per heavy atom. The smallest absolute Gasteiger partial charge is 0.196 e. The molecule has 0 bridgehead atoms. The van der Waals surface area contributed by atoms with Crippen LogP contribution >= 0.6 is 11.3 Å². The van der Waals surface area contributed by atoms with Crippen molar-refractivity contribution in [1.29, 1.82) is 0 Å². The Morgan fingerprint density at radius 2 is 2.47 bits per heavy atom. The Bertz CT molecular complexity index is 592. The van der Waals surface area contributed by atoms with Crippen LogP contribution in [0.25, 0.3) is 4.96 Å². The summed E-state index contributed by atoms with van der Waals surface area (Å²) in [6.45, 7) is 5.67. The third kappa shape index (κ3) is 2.04. The second kappa shape index (κ2) is 4.94. The summed E-state index contributed by atoms with van der Waals surface area (Å²) in [6.07, 6.45) is 3.94. The highest BCUT2D eigenvalue weighted by Crippen LogP contribution is 2.28. The maximum absolute atomic E-state index is 11.4. The lowest BCUT2D eigenvalue weighted by molar-refractivity contribution is 0.0296. The van der Waals surface area contributed by atoms with Gasteiger partial charge in [-0.3, -0.25) is 9.20 Å². The predicted molar refractivity (Wildman–Crippen MR) is 75.3 cm³/mol. The molecule has 3 heterocycles. The summed E-state index contributed by atoms with van der Waals surface area (Å²) in [4.78, 5) is 19.1. The summed E-state index contributed by atoms with van der Waals surface area (Å²) in [5.74, 6) is 0.795. The maximum atomic E-state index is 11.4. The molecule has 2 aromatic rings. The van der Waals surface area contributed by atoms with Crippen LogP contribution in [-0.4, -0.2) is 41.0 Å². The van der Waals surface area contributed by atoms with Crippen LogP contribution in [0.3, 0.4) is 0 Å². The zero-order valence-corrected chi connectivity index (χ0v) is 11.9. The predicted octanol–water partition coefficient (Wildman–Crippen LogP) is 2.21. The van der Waals surface area contributed by atoms with Crippen LogP contribution in [0.1, 0.15) is 30.8 Å². The van der Waals surface area contributed by atoms with Crippen molar-refractivity contribution >= 4 is 28.4 Å². The molecule has 5 nitrogen and oxygen atoms in total. The number of morpholine rings is 1. The molecule has 0 saturated carbocycles. The van der Waals surface area contributed by atoms with Gasteiger partial charge < -0.3 is 9.64 Å². The molecule has 102 valence electrons. The minimum atomic E-state index is 0.169. The van der Waals surface area contributed by atoms with E-state index in [-0.39, 0.29) is 6.10 Å². The Kier molecular flexibility index (Phi) is 3.28. The van der Waals surface area contributed by atoms with Gasteiger partial charge in [-0.2, -0.15) is 0 Å². The Balaban J connectivity index is 2.05. The topological polar surface area (TPSA) is 46.8 Å². The van der Waals surface area contributed by atoms with E-state index >= 15 is 0 Å². The lowest BCUT2D eigenvalue weighted by Gasteiger charge is -2.38. The molecule has 0 amide bonds. The van der Waals surface area contributed by atoms with Crippen molar-refractivity contribution in [2.45, 2.75) is 32.4 Å². The Morgan fingerprint density at radius 3 is 3.21 bits per heavy atom. The number of hydrogen-bond acceptors (Lipinski definition) is 5. The van der Waals surface area contributed by atoms with Crippen LogP contribution in [0.4, 0.5) is 5.82 Å². The number of thiazole rings is 1.